The number of para-hydroxylation sites is 1. The lowest BCUT2D eigenvalue weighted by Crippen LogP contribution is -2.42. The molecule has 124 valence electrons. The van der Waals surface area contributed by atoms with Gasteiger partial charge in [-0.3, -0.25) is 14.9 Å². The lowest BCUT2D eigenvalue weighted by atomic mass is 9.88. The van der Waals surface area contributed by atoms with Crippen molar-refractivity contribution in [2.24, 2.45) is 5.92 Å². The van der Waals surface area contributed by atoms with Gasteiger partial charge in [0.2, 0.25) is 0 Å². The predicted molar refractivity (Wildman–Crippen MR) is 88.5 cm³/mol. The summed E-state index contributed by atoms with van der Waals surface area (Å²) >= 11 is 0. The van der Waals surface area contributed by atoms with Gasteiger partial charge in [0.15, 0.2) is 0 Å². The van der Waals surface area contributed by atoms with E-state index in [-0.39, 0.29) is 23.7 Å². The minimum atomic E-state index is -1.15. The van der Waals surface area contributed by atoms with Crippen LogP contribution < -0.4 is 5.32 Å². The van der Waals surface area contributed by atoms with E-state index in [0.29, 0.717) is 0 Å². The number of nitro groups is 1. The average Bonchev–Trinajstić information content (AvgIpc) is 3.45. The fourth-order valence-electron chi connectivity index (χ4n) is 2.90. The summed E-state index contributed by atoms with van der Waals surface area (Å²) in [6.45, 7) is 0.0204. The number of rotatable bonds is 6. The Morgan fingerprint density at radius 2 is 1.79 bits per heavy atom. The Balaban J connectivity index is 1.79. The molecule has 0 bridgehead atoms. The minimum absolute atomic E-state index is 0.00583. The van der Waals surface area contributed by atoms with Crippen LogP contribution in [0.2, 0.25) is 0 Å². The zero-order valence-corrected chi connectivity index (χ0v) is 13.0. The maximum Gasteiger partial charge on any atom is 0.282 e. The van der Waals surface area contributed by atoms with Crippen molar-refractivity contribution in [1.29, 1.82) is 0 Å². The Labute approximate surface area is 139 Å². The second-order valence-corrected chi connectivity index (χ2v) is 6.02. The molecule has 1 saturated carbocycles. The summed E-state index contributed by atoms with van der Waals surface area (Å²) in [5, 5.41) is 24.8. The number of benzene rings is 2. The smallest absolute Gasteiger partial charge is 0.282 e. The Morgan fingerprint density at radius 1 is 1.17 bits per heavy atom. The van der Waals surface area contributed by atoms with E-state index in [1.165, 1.54) is 18.2 Å². The predicted octanol–water partition coefficient (Wildman–Crippen LogP) is 2.62. The fourth-order valence-corrected chi connectivity index (χ4v) is 2.90. The topological polar surface area (TPSA) is 92.5 Å². The Hall–Kier alpha value is -2.73. The maximum absolute atomic E-state index is 12.4. The fraction of sp³-hybridized carbons (Fsp3) is 0.278. The largest absolute Gasteiger partial charge is 0.383 e. The molecule has 1 unspecified atom stereocenters. The van der Waals surface area contributed by atoms with Gasteiger partial charge in [-0.25, -0.2) is 0 Å². The number of nitrogens with zero attached hydrogens (tertiary/aromatic N) is 1. The van der Waals surface area contributed by atoms with E-state index in [4.69, 9.17) is 0 Å². The van der Waals surface area contributed by atoms with Gasteiger partial charge < -0.3 is 10.4 Å². The standard InChI is InChI=1S/C18H18N2O4/c21-17(15-8-4-5-9-16(15)20(23)24)19-12-18(22,14-10-11-14)13-6-2-1-3-7-13/h1-9,14,22H,10-12H2,(H,19,21). The summed E-state index contributed by atoms with van der Waals surface area (Å²) in [4.78, 5) is 22.8. The van der Waals surface area contributed by atoms with Crippen molar-refractivity contribution in [2.45, 2.75) is 18.4 Å². The van der Waals surface area contributed by atoms with E-state index in [2.05, 4.69) is 5.32 Å². The summed E-state index contributed by atoms with van der Waals surface area (Å²) < 4.78 is 0. The molecule has 1 aliphatic carbocycles. The lowest BCUT2D eigenvalue weighted by Gasteiger charge is -2.29. The van der Waals surface area contributed by atoms with E-state index in [1.807, 2.05) is 30.3 Å². The van der Waals surface area contributed by atoms with E-state index in [9.17, 15) is 20.0 Å². The summed E-state index contributed by atoms with van der Waals surface area (Å²) in [5.74, 6) is -0.469. The van der Waals surface area contributed by atoms with E-state index in [0.717, 1.165) is 18.4 Å². The molecule has 6 nitrogen and oxygen atoms in total. The molecule has 0 aliphatic heterocycles. The third-order valence-corrected chi connectivity index (χ3v) is 4.39. The molecule has 2 N–H and O–H groups in total. The van der Waals surface area contributed by atoms with Gasteiger partial charge >= 0.3 is 0 Å². The molecule has 1 fully saturated rings. The SMILES string of the molecule is O=C(NCC(O)(c1ccccc1)C1CC1)c1ccccc1[N+](=O)[O-]. The van der Waals surface area contributed by atoms with Crippen LogP contribution in [0.25, 0.3) is 0 Å². The second-order valence-electron chi connectivity index (χ2n) is 6.02. The Bertz CT molecular complexity index is 759. The van der Waals surface area contributed by atoms with Crippen LogP contribution in [0, 0.1) is 16.0 Å². The molecule has 1 amide bonds. The first-order chi connectivity index (χ1) is 11.5. The van der Waals surface area contributed by atoms with E-state index >= 15 is 0 Å². The van der Waals surface area contributed by atoms with Crippen molar-refractivity contribution < 1.29 is 14.8 Å². The van der Waals surface area contributed by atoms with Gasteiger partial charge in [-0.2, -0.15) is 0 Å². The third-order valence-electron chi connectivity index (χ3n) is 4.39. The molecule has 0 aromatic heterocycles. The zero-order chi connectivity index (χ0) is 17.2. The first kappa shape index (κ1) is 16.1. The van der Waals surface area contributed by atoms with Crippen LogP contribution in [0.4, 0.5) is 5.69 Å². The number of nitro benzene ring substituents is 1. The number of carbonyl (C=O) groups is 1. The van der Waals surface area contributed by atoms with Crippen molar-refractivity contribution in [2.75, 3.05) is 6.54 Å². The van der Waals surface area contributed by atoms with Gasteiger partial charge in [-0.15, -0.1) is 0 Å². The minimum Gasteiger partial charge on any atom is -0.383 e. The van der Waals surface area contributed by atoms with Gasteiger partial charge in [0.25, 0.3) is 11.6 Å². The molecular formula is C18H18N2O4. The van der Waals surface area contributed by atoms with Crippen LogP contribution in [0.3, 0.4) is 0 Å². The molecule has 24 heavy (non-hydrogen) atoms. The van der Waals surface area contributed by atoms with Crippen molar-refractivity contribution >= 4 is 11.6 Å². The van der Waals surface area contributed by atoms with Crippen molar-refractivity contribution in [3.8, 4) is 0 Å². The van der Waals surface area contributed by atoms with Crippen molar-refractivity contribution in [1.82, 2.24) is 5.32 Å². The molecule has 0 saturated heterocycles. The number of hydrogen-bond donors (Lipinski definition) is 2. The highest BCUT2D eigenvalue weighted by atomic mass is 16.6. The number of nitrogens with one attached hydrogen (secondary N) is 1. The first-order valence-corrected chi connectivity index (χ1v) is 7.82. The summed E-state index contributed by atoms with van der Waals surface area (Å²) in [6.07, 6.45) is 1.79. The molecule has 2 aromatic rings. The quantitative estimate of drug-likeness (QED) is 0.630. The number of carbonyl (C=O) groups excluding carboxylic acids is 1. The van der Waals surface area contributed by atoms with Crippen LogP contribution in [-0.4, -0.2) is 22.5 Å². The number of hydrogen-bond acceptors (Lipinski definition) is 4. The molecule has 0 spiro atoms. The van der Waals surface area contributed by atoms with Gasteiger partial charge in [-0.05, 0) is 30.4 Å². The summed E-state index contributed by atoms with van der Waals surface area (Å²) in [5.41, 5.74) is -0.658. The summed E-state index contributed by atoms with van der Waals surface area (Å²) in [7, 11) is 0. The molecule has 3 rings (SSSR count). The van der Waals surface area contributed by atoms with Gasteiger partial charge in [0.1, 0.15) is 11.2 Å². The van der Waals surface area contributed by atoms with Gasteiger partial charge in [-0.1, -0.05) is 42.5 Å². The van der Waals surface area contributed by atoms with Crippen LogP contribution in [0.5, 0.6) is 0 Å². The highest BCUT2D eigenvalue weighted by molar-refractivity contribution is 5.98. The number of aliphatic hydroxyl groups is 1. The van der Waals surface area contributed by atoms with Crippen molar-refractivity contribution in [3.63, 3.8) is 0 Å². The second kappa shape index (κ2) is 6.41. The maximum atomic E-state index is 12.4. The van der Waals surface area contributed by atoms with Crippen LogP contribution in [0.1, 0.15) is 28.8 Å². The summed E-state index contributed by atoms with van der Waals surface area (Å²) in [6, 6.07) is 15.0. The number of amides is 1. The van der Waals surface area contributed by atoms with Crippen LogP contribution in [0.15, 0.2) is 54.6 Å². The Kier molecular flexibility index (Phi) is 4.31. The third kappa shape index (κ3) is 3.14. The molecule has 2 aromatic carbocycles. The molecular weight excluding hydrogens is 308 g/mol. The molecule has 6 heteroatoms. The molecule has 1 atom stereocenters. The Morgan fingerprint density at radius 3 is 2.42 bits per heavy atom. The van der Waals surface area contributed by atoms with Crippen LogP contribution in [-0.2, 0) is 5.60 Å². The highest BCUT2D eigenvalue weighted by Gasteiger charge is 2.45. The highest BCUT2D eigenvalue weighted by Crippen LogP contribution is 2.45. The average molecular weight is 326 g/mol. The van der Waals surface area contributed by atoms with E-state index < -0.39 is 16.4 Å². The molecule has 1 aliphatic rings. The van der Waals surface area contributed by atoms with Crippen molar-refractivity contribution in [3.05, 3.63) is 75.8 Å². The lowest BCUT2D eigenvalue weighted by molar-refractivity contribution is -0.385. The van der Waals surface area contributed by atoms with Gasteiger partial charge in [0.05, 0.1) is 11.5 Å². The van der Waals surface area contributed by atoms with E-state index in [1.54, 1.807) is 6.07 Å². The van der Waals surface area contributed by atoms with Crippen LogP contribution >= 0.6 is 0 Å². The monoisotopic (exact) mass is 326 g/mol. The molecule has 0 heterocycles. The molecule has 0 radical (unpaired) electrons. The van der Waals surface area contributed by atoms with Gasteiger partial charge in [0, 0.05) is 6.07 Å². The zero-order valence-electron chi connectivity index (χ0n) is 13.0. The first-order valence-electron chi connectivity index (χ1n) is 7.82. The normalized spacial score (nSPS) is 16.2.